The van der Waals surface area contributed by atoms with Gasteiger partial charge in [-0.2, -0.15) is 0 Å². The molecular weight excluding hydrogens is 156 g/mol. The second-order valence-corrected chi connectivity index (χ2v) is 3.35. The van der Waals surface area contributed by atoms with E-state index in [0.29, 0.717) is 0 Å². The predicted octanol–water partition coefficient (Wildman–Crippen LogP) is 4.42. The fraction of sp³-hybridized carbons (Fsp3) is 0.385. The van der Waals surface area contributed by atoms with E-state index >= 15 is 0 Å². The van der Waals surface area contributed by atoms with Crippen molar-refractivity contribution in [3.05, 3.63) is 47.1 Å². The first-order valence-electron chi connectivity index (χ1n) is 4.66. The number of hydrogen-bond donors (Lipinski definition) is 0. The summed E-state index contributed by atoms with van der Waals surface area (Å²) in [5.41, 5.74) is 4.99. The number of rotatable bonds is 3. The first-order valence-corrected chi connectivity index (χ1v) is 4.66. The molecule has 0 atom stereocenters. The van der Waals surface area contributed by atoms with Crippen LogP contribution in [0.2, 0.25) is 0 Å². The summed E-state index contributed by atoms with van der Waals surface area (Å²) < 4.78 is 0. The molecule has 0 N–H and O–H groups in total. The molecule has 0 aliphatic carbocycles. The summed E-state index contributed by atoms with van der Waals surface area (Å²) in [5.74, 6) is 0. The molecule has 0 fully saturated rings. The van der Waals surface area contributed by atoms with E-state index in [1.54, 1.807) is 0 Å². The van der Waals surface area contributed by atoms with E-state index in [2.05, 4.69) is 52.5 Å². The molecule has 0 aliphatic rings. The standard InChI is InChI=1S/C13H20/c1-7-11(5)13(9-10(3)4)12(6)8-2/h7-9H,3H2,1-2,4-6H3/b11-7-,12-8+,13-9?. The van der Waals surface area contributed by atoms with Crippen molar-refractivity contribution in [1.29, 1.82) is 0 Å². The third-order valence-electron chi connectivity index (χ3n) is 2.11. The molecule has 0 radical (unpaired) electrons. The van der Waals surface area contributed by atoms with Crippen molar-refractivity contribution in [3.8, 4) is 0 Å². The lowest BCUT2D eigenvalue weighted by atomic mass is 9.98. The van der Waals surface area contributed by atoms with Crippen LogP contribution in [0.4, 0.5) is 0 Å². The largest absolute Gasteiger partial charge is 0.0961 e. The second kappa shape index (κ2) is 5.58. The van der Waals surface area contributed by atoms with Gasteiger partial charge >= 0.3 is 0 Å². The first kappa shape index (κ1) is 12.0. The average Bonchev–Trinajstić information content (AvgIpc) is 2.11. The van der Waals surface area contributed by atoms with Crippen molar-refractivity contribution < 1.29 is 0 Å². The summed E-state index contributed by atoms with van der Waals surface area (Å²) in [6.07, 6.45) is 6.38. The van der Waals surface area contributed by atoms with E-state index in [1.807, 2.05) is 6.92 Å². The molecule has 0 aromatic carbocycles. The molecule has 0 rings (SSSR count). The normalized spacial score (nSPS) is 14.7. The van der Waals surface area contributed by atoms with Gasteiger partial charge in [0, 0.05) is 0 Å². The highest BCUT2D eigenvalue weighted by Crippen LogP contribution is 2.20. The second-order valence-electron chi connectivity index (χ2n) is 3.35. The van der Waals surface area contributed by atoms with Crippen molar-refractivity contribution in [2.75, 3.05) is 0 Å². The molecule has 0 heterocycles. The summed E-state index contributed by atoms with van der Waals surface area (Å²) in [6.45, 7) is 14.3. The van der Waals surface area contributed by atoms with Crippen LogP contribution >= 0.6 is 0 Å². The van der Waals surface area contributed by atoms with Gasteiger partial charge in [-0.05, 0) is 51.3 Å². The van der Waals surface area contributed by atoms with Crippen LogP contribution in [0.1, 0.15) is 34.6 Å². The molecule has 0 saturated heterocycles. The zero-order valence-electron chi connectivity index (χ0n) is 9.44. The van der Waals surface area contributed by atoms with Gasteiger partial charge in [0.2, 0.25) is 0 Å². The quantitative estimate of drug-likeness (QED) is 0.558. The van der Waals surface area contributed by atoms with Gasteiger partial charge in [-0.1, -0.05) is 30.4 Å². The Labute approximate surface area is 82.4 Å². The summed E-state index contributed by atoms with van der Waals surface area (Å²) in [6, 6.07) is 0. The molecule has 0 amide bonds. The van der Waals surface area contributed by atoms with Crippen LogP contribution in [0, 0.1) is 0 Å². The van der Waals surface area contributed by atoms with E-state index in [9.17, 15) is 0 Å². The smallest absolute Gasteiger partial charge is 0.0202 e. The number of hydrogen-bond acceptors (Lipinski definition) is 0. The molecule has 0 aliphatic heterocycles. The van der Waals surface area contributed by atoms with Gasteiger partial charge in [-0.25, -0.2) is 0 Å². The Bertz CT molecular complexity index is 252. The minimum absolute atomic E-state index is 1.09. The third kappa shape index (κ3) is 3.93. The highest BCUT2D eigenvalue weighted by Gasteiger charge is 2.00. The monoisotopic (exact) mass is 176 g/mol. The summed E-state index contributed by atoms with van der Waals surface area (Å²) in [7, 11) is 0. The highest BCUT2D eigenvalue weighted by molar-refractivity contribution is 5.47. The van der Waals surface area contributed by atoms with Gasteiger partial charge in [-0.15, -0.1) is 0 Å². The van der Waals surface area contributed by atoms with Crippen LogP contribution < -0.4 is 0 Å². The van der Waals surface area contributed by atoms with Gasteiger partial charge in [0.25, 0.3) is 0 Å². The molecule has 0 spiro atoms. The molecule has 0 unspecified atom stereocenters. The molecule has 0 heteroatoms. The van der Waals surface area contributed by atoms with Crippen molar-refractivity contribution >= 4 is 0 Å². The van der Waals surface area contributed by atoms with E-state index in [4.69, 9.17) is 0 Å². The first-order chi connectivity index (χ1) is 6.02. The van der Waals surface area contributed by atoms with E-state index in [-0.39, 0.29) is 0 Å². The van der Waals surface area contributed by atoms with Crippen LogP contribution in [-0.4, -0.2) is 0 Å². The molecule has 72 valence electrons. The van der Waals surface area contributed by atoms with E-state index in [0.717, 1.165) is 5.57 Å². The van der Waals surface area contributed by atoms with E-state index in [1.165, 1.54) is 16.7 Å². The summed E-state index contributed by atoms with van der Waals surface area (Å²) >= 11 is 0. The zero-order chi connectivity index (χ0) is 10.4. The Morgan fingerprint density at radius 2 is 1.31 bits per heavy atom. The fourth-order valence-electron chi connectivity index (χ4n) is 1.10. The number of allylic oxidation sites excluding steroid dienone is 7. The van der Waals surface area contributed by atoms with Gasteiger partial charge < -0.3 is 0 Å². The zero-order valence-corrected chi connectivity index (χ0v) is 9.44. The Morgan fingerprint density at radius 3 is 1.54 bits per heavy atom. The van der Waals surface area contributed by atoms with Gasteiger partial charge in [0.1, 0.15) is 0 Å². The van der Waals surface area contributed by atoms with Crippen LogP contribution in [0.5, 0.6) is 0 Å². The van der Waals surface area contributed by atoms with Crippen LogP contribution in [0.15, 0.2) is 47.1 Å². The van der Waals surface area contributed by atoms with Crippen LogP contribution in [-0.2, 0) is 0 Å². The van der Waals surface area contributed by atoms with Crippen molar-refractivity contribution in [2.24, 2.45) is 0 Å². The average molecular weight is 176 g/mol. The lowest BCUT2D eigenvalue weighted by molar-refractivity contribution is 1.28. The molecule has 0 nitrogen and oxygen atoms in total. The molecule has 0 aromatic rings. The summed E-state index contributed by atoms with van der Waals surface area (Å²) in [4.78, 5) is 0. The minimum Gasteiger partial charge on any atom is -0.0961 e. The predicted molar refractivity (Wildman–Crippen MR) is 61.8 cm³/mol. The Kier molecular flexibility index (Phi) is 5.13. The molecule has 0 aromatic heterocycles. The maximum atomic E-state index is 3.90. The maximum absolute atomic E-state index is 3.90. The Hall–Kier alpha value is -1.04. The topological polar surface area (TPSA) is 0 Å². The Morgan fingerprint density at radius 1 is 0.923 bits per heavy atom. The SMILES string of the molecule is C=C(C)C=C(/C(C)=C\C)/C(C)=C/C. The van der Waals surface area contributed by atoms with Gasteiger partial charge in [0.05, 0.1) is 0 Å². The van der Waals surface area contributed by atoms with Gasteiger partial charge in [-0.3, -0.25) is 0 Å². The molecular formula is C13H20. The Balaban J connectivity index is 5.11. The molecule has 0 saturated carbocycles. The van der Waals surface area contributed by atoms with Gasteiger partial charge in [0.15, 0.2) is 0 Å². The van der Waals surface area contributed by atoms with Crippen LogP contribution in [0.3, 0.4) is 0 Å². The molecule has 0 bridgehead atoms. The van der Waals surface area contributed by atoms with Crippen molar-refractivity contribution in [1.82, 2.24) is 0 Å². The highest BCUT2D eigenvalue weighted by atomic mass is 14.1. The maximum Gasteiger partial charge on any atom is -0.0202 e. The van der Waals surface area contributed by atoms with Crippen molar-refractivity contribution in [2.45, 2.75) is 34.6 Å². The van der Waals surface area contributed by atoms with Crippen molar-refractivity contribution in [3.63, 3.8) is 0 Å². The lowest BCUT2D eigenvalue weighted by Crippen LogP contribution is -1.88. The fourth-order valence-corrected chi connectivity index (χ4v) is 1.10. The van der Waals surface area contributed by atoms with E-state index < -0.39 is 0 Å². The molecule has 13 heavy (non-hydrogen) atoms. The lowest BCUT2D eigenvalue weighted by Gasteiger charge is -2.08. The van der Waals surface area contributed by atoms with Crippen LogP contribution in [0.25, 0.3) is 0 Å². The summed E-state index contributed by atoms with van der Waals surface area (Å²) in [5, 5.41) is 0. The minimum atomic E-state index is 1.09. The third-order valence-corrected chi connectivity index (χ3v) is 2.11.